The second-order valence-corrected chi connectivity index (χ2v) is 6.75. The number of hydrogen-bond acceptors (Lipinski definition) is 4. The van der Waals surface area contributed by atoms with Crippen LogP contribution in [0.5, 0.6) is 0 Å². The Morgan fingerprint density at radius 1 is 1.12 bits per heavy atom. The van der Waals surface area contributed by atoms with E-state index in [9.17, 15) is 4.79 Å². The van der Waals surface area contributed by atoms with Crippen molar-refractivity contribution < 1.29 is 9.21 Å². The van der Waals surface area contributed by atoms with Crippen LogP contribution in [0.2, 0.25) is 0 Å². The number of anilines is 1. The highest BCUT2D eigenvalue weighted by Crippen LogP contribution is 2.17. The molecule has 0 unspecified atom stereocenters. The molecule has 0 bridgehead atoms. The number of hydrogen-bond donors (Lipinski definition) is 1. The van der Waals surface area contributed by atoms with Crippen LogP contribution in [0.15, 0.2) is 34.7 Å². The Labute approximate surface area is 149 Å². The van der Waals surface area contributed by atoms with Gasteiger partial charge in [-0.3, -0.25) is 9.69 Å². The maximum Gasteiger partial charge on any atom is 0.254 e. The lowest BCUT2D eigenvalue weighted by atomic mass is 10.2. The molecular formula is C20H27N3O2. The van der Waals surface area contributed by atoms with Gasteiger partial charge in [-0.2, -0.15) is 0 Å². The van der Waals surface area contributed by atoms with Gasteiger partial charge in [0.1, 0.15) is 11.5 Å². The van der Waals surface area contributed by atoms with Gasteiger partial charge in [-0.25, -0.2) is 0 Å². The van der Waals surface area contributed by atoms with Gasteiger partial charge in [0.15, 0.2) is 0 Å². The first-order chi connectivity index (χ1) is 12.0. The predicted octanol–water partition coefficient (Wildman–Crippen LogP) is 2.76. The number of furan rings is 1. The Morgan fingerprint density at radius 3 is 2.52 bits per heavy atom. The van der Waals surface area contributed by atoms with E-state index in [4.69, 9.17) is 4.42 Å². The molecule has 1 saturated heterocycles. The SMILES string of the molecule is Cc1cccc(N2CCN(CCNC(=O)c3cc(C)oc3C)CC2)c1. The lowest BCUT2D eigenvalue weighted by Gasteiger charge is -2.36. The van der Waals surface area contributed by atoms with E-state index in [1.165, 1.54) is 11.3 Å². The van der Waals surface area contributed by atoms with E-state index in [-0.39, 0.29) is 5.91 Å². The second-order valence-electron chi connectivity index (χ2n) is 6.75. The van der Waals surface area contributed by atoms with Gasteiger partial charge in [0.2, 0.25) is 0 Å². The summed E-state index contributed by atoms with van der Waals surface area (Å²) in [5.74, 6) is 1.41. The number of aryl methyl sites for hydroxylation is 3. The van der Waals surface area contributed by atoms with Crippen LogP contribution in [0.4, 0.5) is 5.69 Å². The zero-order chi connectivity index (χ0) is 17.8. The smallest absolute Gasteiger partial charge is 0.254 e. The number of benzene rings is 1. The summed E-state index contributed by atoms with van der Waals surface area (Å²) < 4.78 is 5.42. The Morgan fingerprint density at radius 2 is 1.88 bits per heavy atom. The minimum absolute atomic E-state index is 0.0484. The molecule has 0 saturated carbocycles. The van der Waals surface area contributed by atoms with Crippen LogP contribution in [0.3, 0.4) is 0 Å². The normalized spacial score (nSPS) is 15.4. The van der Waals surface area contributed by atoms with Gasteiger partial charge in [0, 0.05) is 45.0 Å². The highest BCUT2D eigenvalue weighted by atomic mass is 16.3. The molecule has 1 fully saturated rings. The number of carbonyl (C=O) groups is 1. The monoisotopic (exact) mass is 341 g/mol. The maximum atomic E-state index is 12.2. The van der Waals surface area contributed by atoms with E-state index in [2.05, 4.69) is 46.3 Å². The van der Waals surface area contributed by atoms with Crippen LogP contribution in [-0.2, 0) is 0 Å². The third-order valence-corrected chi connectivity index (χ3v) is 4.74. The third kappa shape index (κ3) is 4.42. The molecule has 134 valence electrons. The van der Waals surface area contributed by atoms with Gasteiger partial charge in [-0.1, -0.05) is 12.1 Å². The van der Waals surface area contributed by atoms with Crippen LogP contribution in [-0.4, -0.2) is 50.1 Å². The summed E-state index contributed by atoms with van der Waals surface area (Å²) >= 11 is 0. The quantitative estimate of drug-likeness (QED) is 0.908. The number of nitrogens with one attached hydrogen (secondary N) is 1. The van der Waals surface area contributed by atoms with Crippen molar-refractivity contribution in [2.24, 2.45) is 0 Å². The molecule has 1 aromatic heterocycles. The molecule has 2 heterocycles. The van der Waals surface area contributed by atoms with Gasteiger partial charge in [0.25, 0.3) is 5.91 Å². The molecule has 0 radical (unpaired) electrons. The zero-order valence-corrected chi connectivity index (χ0v) is 15.3. The summed E-state index contributed by atoms with van der Waals surface area (Å²) in [7, 11) is 0. The lowest BCUT2D eigenvalue weighted by molar-refractivity contribution is 0.0946. The van der Waals surface area contributed by atoms with E-state index in [0.717, 1.165) is 38.5 Å². The van der Waals surface area contributed by atoms with Crippen molar-refractivity contribution >= 4 is 11.6 Å². The predicted molar refractivity (Wildman–Crippen MR) is 100 cm³/mol. The van der Waals surface area contributed by atoms with E-state index in [1.807, 2.05) is 13.8 Å². The first-order valence-corrected chi connectivity index (χ1v) is 8.92. The number of nitrogens with zero attached hydrogens (tertiary/aromatic N) is 2. The highest BCUT2D eigenvalue weighted by Gasteiger charge is 2.18. The molecule has 1 N–H and O–H groups in total. The number of carbonyl (C=O) groups excluding carboxylic acids is 1. The van der Waals surface area contributed by atoms with Gasteiger partial charge in [0.05, 0.1) is 5.56 Å². The molecule has 5 nitrogen and oxygen atoms in total. The standard InChI is InChI=1S/C20H27N3O2/c1-15-5-4-6-18(13-15)23-11-9-22(10-12-23)8-7-21-20(24)19-14-16(2)25-17(19)3/h4-6,13-14H,7-12H2,1-3H3,(H,21,24). The van der Waals surface area contributed by atoms with E-state index >= 15 is 0 Å². The van der Waals surface area contributed by atoms with Gasteiger partial charge in [-0.15, -0.1) is 0 Å². The first kappa shape index (κ1) is 17.5. The fraction of sp³-hybridized carbons (Fsp3) is 0.450. The van der Waals surface area contributed by atoms with Crippen molar-refractivity contribution in [2.45, 2.75) is 20.8 Å². The zero-order valence-electron chi connectivity index (χ0n) is 15.3. The summed E-state index contributed by atoms with van der Waals surface area (Å²) in [6.45, 7) is 11.4. The molecule has 0 spiro atoms. The van der Waals surface area contributed by atoms with Crippen LogP contribution < -0.4 is 10.2 Å². The fourth-order valence-corrected chi connectivity index (χ4v) is 3.33. The molecule has 1 aliphatic rings. The maximum absolute atomic E-state index is 12.2. The second kappa shape index (κ2) is 7.74. The molecule has 0 atom stereocenters. The average Bonchev–Trinajstić information content (AvgIpc) is 2.94. The van der Waals surface area contributed by atoms with Gasteiger partial charge < -0.3 is 14.6 Å². The van der Waals surface area contributed by atoms with Crippen molar-refractivity contribution in [3.8, 4) is 0 Å². The topological polar surface area (TPSA) is 48.7 Å². The van der Waals surface area contributed by atoms with E-state index in [1.54, 1.807) is 6.07 Å². The lowest BCUT2D eigenvalue weighted by Crippen LogP contribution is -2.48. The Bertz CT molecular complexity index is 730. The highest BCUT2D eigenvalue weighted by molar-refractivity contribution is 5.95. The Hall–Kier alpha value is -2.27. The molecule has 1 aromatic carbocycles. The summed E-state index contributed by atoms with van der Waals surface area (Å²) in [5, 5.41) is 3.00. The summed E-state index contributed by atoms with van der Waals surface area (Å²) in [5.41, 5.74) is 3.24. The summed E-state index contributed by atoms with van der Waals surface area (Å²) in [6.07, 6.45) is 0. The van der Waals surface area contributed by atoms with Crippen LogP contribution in [0.1, 0.15) is 27.4 Å². The van der Waals surface area contributed by atoms with Crippen LogP contribution >= 0.6 is 0 Å². The van der Waals surface area contributed by atoms with Crippen LogP contribution in [0.25, 0.3) is 0 Å². The number of amides is 1. The first-order valence-electron chi connectivity index (χ1n) is 8.92. The van der Waals surface area contributed by atoms with Crippen molar-refractivity contribution in [3.05, 3.63) is 53.0 Å². The Balaban J connectivity index is 1.42. The molecule has 1 aliphatic heterocycles. The molecule has 0 aliphatic carbocycles. The summed E-state index contributed by atoms with van der Waals surface area (Å²) in [6, 6.07) is 10.5. The molecular weight excluding hydrogens is 314 g/mol. The van der Waals surface area contributed by atoms with Crippen LogP contribution in [0, 0.1) is 20.8 Å². The van der Waals surface area contributed by atoms with Gasteiger partial charge >= 0.3 is 0 Å². The summed E-state index contributed by atoms with van der Waals surface area (Å²) in [4.78, 5) is 17.0. The van der Waals surface area contributed by atoms with Crippen molar-refractivity contribution in [3.63, 3.8) is 0 Å². The third-order valence-electron chi connectivity index (χ3n) is 4.74. The van der Waals surface area contributed by atoms with Gasteiger partial charge in [-0.05, 0) is 44.5 Å². The van der Waals surface area contributed by atoms with E-state index < -0.39 is 0 Å². The Kier molecular flexibility index (Phi) is 5.43. The number of piperazine rings is 1. The average molecular weight is 341 g/mol. The van der Waals surface area contributed by atoms with Crippen molar-refractivity contribution in [2.75, 3.05) is 44.2 Å². The molecule has 1 amide bonds. The molecule has 25 heavy (non-hydrogen) atoms. The molecule has 3 rings (SSSR count). The fourth-order valence-electron chi connectivity index (χ4n) is 3.33. The minimum atomic E-state index is -0.0484. The number of rotatable bonds is 5. The van der Waals surface area contributed by atoms with Crippen molar-refractivity contribution in [1.82, 2.24) is 10.2 Å². The van der Waals surface area contributed by atoms with E-state index in [0.29, 0.717) is 17.9 Å². The minimum Gasteiger partial charge on any atom is -0.466 e. The van der Waals surface area contributed by atoms with Crippen molar-refractivity contribution in [1.29, 1.82) is 0 Å². The molecule has 5 heteroatoms. The largest absolute Gasteiger partial charge is 0.466 e. The molecule has 2 aromatic rings.